The summed E-state index contributed by atoms with van der Waals surface area (Å²) in [4.78, 5) is 9.41. The first-order chi connectivity index (χ1) is 10.4. The van der Waals surface area contributed by atoms with Crippen LogP contribution in [0, 0.1) is 6.92 Å². The lowest BCUT2D eigenvalue weighted by molar-refractivity contribution is -0.137. The minimum absolute atomic E-state index is 0.447. The first-order valence-electron chi connectivity index (χ1n) is 6.51. The number of aromatic nitrogens is 2. The molecule has 2 heterocycles. The molecule has 0 saturated heterocycles. The molecule has 0 aliphatic heterocycles. The number of halogens is 3. The van der Waals surface area contributed by atoms with Crippen LogP contribution < -0.4 is 0 Å². The summed E-state index contributed by atoms with van der Waals surface area (Å²) in [6.45, 7) is 1.94. The summed E-state index contributed by atoms with van der Waals surface area (Å²) in [5, 5.41) is 0.616. The molecule has 0 spiro atoms. The average Bonchev–Trinajstić information content (AvgIpc) is 2.89. The van der Waals surface area contributed by atoms with Gasteiger partial charge in [0.1, 0.15) is 5.01 Å². The Balaban J connectivity index is 1.97. The summed E-state index contributed by atoms with van der Waals surface area (Å²) in [6, 6.07) is 12.0. The molecule has 0 N–H and O–H groups in total. The highest BCUT2D eigenvalue weighted by Crippen LogP contribution is 2.34. The SMILES string of the molecule is Cc1sc(-c2ccc(C(F)(F)F)cn2)nc1-c1ccccc1. The van der Waals surface area contributed by atoms with E-state index in [0.29, 0.717) is 10.7 Å². The highest BCUT2D eigenvalue weighted by molar-refractivity contribution is 7.15. The minimum atomic E-state index is -4.38. The zero-order valence-electron chi connectivity index (χ0n) is 11.6. The zero-order chi connectivity index (χ0) is 15.7. The number of hydrogen-bond acceptors (Lipinski definition) is 3. The summed E-state index contributed by atoms with van der Waals surface area (Å²) in [5.41, 5.74) is 1.51. The van der Waals surface area contributed by atoms with E-state index in [2.05, 4.69) is 9.97 Å². The number of pyridine rings is 1. The van der Waals surface area contributed by atoms with Crippen molar-refractivity contribution in [2.24, 2.45) is 0 Å². The molecule has 0 aliphatic carbocycles. The van der Waals surface area contributed by atoms with Crippen molar-refractivity contribution in [1.29, 1.82) is 0 Å². The summed E-state index contributed by atoms with van der Waals surface area (Å²) >= 11 is 1.42. The lowest BCUT2D eigenvalue weighted by atomic mass is 10.1. The highest BCUT2D eigenvalue weighted by atomic mass is 32.1. The van der Waals surface area contributed by atoms with Crippen LogP contribution >= 0.6 is 11.3 Å². The first-order valence-corrected chi connectivity index (χ1v) is 7.33. The molecule has 2 nitrogen and oxygen atoms in total. The van der Waals surface area contributed by atoms with Gasteiger partial charge in [0, 0.05) is 16.6 Å². The molecule has 3 aromatic rings. The van der Waals surface area contributed by atoms with Gasteiger partial charge in [-0.05, 0) is 19.1 Å². The van der Waals surface area contributed by atoms with Crippen LogP contribution in [-0.4, -0.2) is 9.97 Å². The molecule has 2 aromatic heterocycles. The smallest absolute Gasteiger partial charge is 0.253 e. The van der Waals surface area contributed by atoms with Crippen LogP contribution in [0.2, 0.25) is 0 Å². The monoisotopic (exact) mass is 320 g/mol. The van der Waals surface area contributed by atoms with Gasteiger partial charge >= 0.3 is 6.18 Å². The van der Waals surface area contributed by atoms with E-state index in [4.69, 9.17) is 0 Å². The van der Waals surface area contributed by atoms with Crippen LogP contribution in [0.4, 0.5) is 13.2 Å². The van der Waals surface area contributed by atoms with E-state index in [1.807, 2.05) is 37.3 Å². The van der Waals surface area contributed by atoms with Crippen LogP contribution in [0.25, 0.3) is 22.0 Å². The van der Waals surface area contributed by atoms with Crippen molar-refractivity contribution in [2.45, 2.75) is 13.1 Å². The van der Waals surface area contributed by atoms with Crippen molar-refractivity contribution in [3.63, 3.8) is 0 Å². The molecule has 112 valence electrons. The fourth-order valence-electron chi connectivity index (χ4n) is 2.06. The van der Waals surface area contributed by atoms with Crippen LogP contribution in [0.15, 0.2) is 48.7 Å². The van der Waals surface area contributed by atoms with Gasteiger partial charge in [0.05, 0.1) is 17.0 Å². The first kappa shape index (κ1) is 14.7. The number of aryl methyl sites for hydroxylation is 1. The maximum Gasteiger partial charge on any atom is 0.417 e. The number of thiazole rings is 1. The quantitative estimate of drug-likeness (QED) is 0.648. The number of nitrogens with zero attached hydrogens (tertiary/aromatic N) is 2. The molecule has 0 bridgehead atoms. The molecule has 0 atom stereocenters. The van der Waals surface area contributed by atoms with E-state index >= 15 is 0 Å². The van der Waals surface area contributed by atoms with E-state index in [9.17, 15) is 13.2 Å². The fourth-order valence-corrected chi connectivity index (χ4v) is 2.97. The molecule has 6 heteroatoms. The van der Waals surface area contributed by atoms with Crippen molar-refractivity contribution in [3.05, 3.63) is 59.1 Å². The van der Waals surface area contributed by atoms with Gasteiger partial charge in [-0.2, -0.15) is 13.2 Å². The number of benzene rings is 1. The maximum absolute atomic E-state index is 12.6. The Morgan fingerprint density at radius 1 is 1.00 bits per heavy atom. The van der Waals surface area contributed by atoms with Crippen LogP contribution in [0.5, 0.6) is 0 Å². The maximum atomic E-state index is 12.6. The topological polar surface area (TPSA) is 25.8 Å². The van der Waals surface area contributed by atoms with Crippen molar-refractivity contribution < 1.29 is 13.2 Å². The molecule has 0 aliphatic rings. The Labute approximate surface area is 129 Å². The molecule has 0 radical (unpaired) electrons. The molecule has 0 unspecified atom stereocenters. The predicted octanol–water partition coefficient (Wildman–Crippen LogP) is 5.20. The van der Waals surface area contributed by atoms with E-state index in [0.717, 1.165) is 28.4 Å². The molecule has 0 fully saturated rings. The lowest BCUT2D eigenvalue weighted by Crippen LogP contribution is -2.05. The summed E-state index contributed by atoms with van der Waals surface area (Å²) in [6.07, 6.45) is -3.53. The number of rotatable bonds is 2. The van der Waals surface area contributed by atoms with E-state index in [-0.39, 0.29) is 0 Å². The van der Waals surface area contributed by atoms with E-state index in [1.54, 1.807) is 0 Å². The largest absolute Gasteiger partial charge is 0.417 e. The molecular formula is C16H11F3N2S. The van der Waals surface area contributed by atoms with Crippen LogP contribution in [0.3, 0.4) is 0 Å². The highest BCUT2D eigenvalue weighted by Gasteiger charge is 2.30. The van der Waals surface area contributed by atoms with Crippen LogP contribution in [0.1, 0.15) is 10.4 Å². The summed E-state index contributed by atoms with van der Waals surface area (Å²) < 4.78 is 37.7. The van der Waals surface area contributed by atoms with Gasteiger partial charge < -0.3 is 0 Å². The van der Waals surface area contributed by atoms with Gasteiger partial charge in [-0.15, -0.1) is 11.3 Å². The Kier molecular flexibility index (Phi) is 3.70. The van der Waals surface area contributed by atoms with Crippen molar-refractivity contribution >= 4 is 11.3 Å². The molecule has 3 rings (SSSR count). The third kappa shape index (κ3) is 2.87. The second-order valence-electron chi connectivity index (χ2n) is 4.72. The standard InChI is InChI=1S/C16H11F3N2S/c1-10-14(11-5-3-2-4-6-11)21-15(22-10)13-8-7-12(9-20-13)16(17,18)19/h2-9H,1H3. The predicted molar refractivity (Wildman–Crippen MR) is 80.5 cm³/mol. The average molecular weight is 320 g/mol. The molecule has 0 saturated carbocycles. The van der Waals surface area contributed by atoms with Crippen molar-refractivity contribution in [2.75, 3.05) is 0 Å². The summed E-state index contributed by atoms with van der Waals surface area (Å²) in [5.74, 6) is 0. The Morgan fingerprint density at radius 2 is 1.73 bits per heavy atom. The Bertz CT molecular complexity index is 777. The van der Waals surface area contributed by atoms with Gasteiger partial charge in [0.15, 0.2) is 0 Å². The molecule has 22 heavy (non-hydrogen) atoms. The zero-order valence-corrected chi connectivity index (χ0v) is 12.4. The Morgan fingerprint density at radius 3 is 2.32 bits per heavy atom. The number of alkyl halides is 3. The normalized spacial score (nSPS) is 11.6. The van der Waals surface area contributed by atoms with E-state index in [1.165, 1.54) is 17.4 Å². The van der Waals surface area contributed by atoms with E-state index < -0.39 is 11.7 Å². The third-order valence-electron chi connectivity index (χ3n) is 3.15. The molecule has 0 amide bonds. The van der Waals surface area contributed by atoms with Gasteiger partial charge in [-0.1, -0.05) is 30.3 Å². The molecule has 1 aromatic carbocycles. The third-order valence-corrected chi connectivity index (χ3v) is 4.15. The van der Waals surface area contributed by atoms with Crippen molar-refractivity contribution in [3.8, 4) is 22.0 Å². The van der Waals surface area contributed by atoms with Gasteiger partial charge in [-0.25, -0.2) is 4.98 Å². The van der Waals surface area contributed by atoms with Gasteiger partial charge in [0.25, 0.3) is 0 Å². The number of hydrogen-bond donors (Lipinski definition) is 0. The molecular weight excluding hydrogens is 309 g/mol. The second-order valence-corrected chi connectivity index (χ2v) is 5.92. The van der Waals surface area contributed by atoms with Gasteiger partial charge in [-0.3, -0.25) is 4.98 Å². The summed E-state index contributed by atoms with van der Waals surface area (Å²) in [7, 11) is 0. The second kappa shape index (κ2) is 5.53. The Hall–Kier alpha value is -2.21. The minimum Gasteiger partial charge on any atom is -0.253 e. The van der Waals surface area contributed by atoms with Crippen molar-refractivity contribution in [1.82, 2.24) is 9.97 Å². The lowest BCUT2D eigenvalue weighted by Gasteiger charge is -2.05. The fraction of sp³-hybridized carbons (Fsp3) is 0.125. The van der Waals surface area contributed by atoms with Crippen LogP contribution in [-0.2, 0) is 6.18 Å². The van der Waals surface area contributed by atoms with Gasteiger partial charge in [0.2, 0.25) is 0 Å².